The van der Waals surface area contributed by atoms with Gasteiger partial charge in [0, 0.05) is 18.9 Å². The van der Waals surface area contributed by atoms with Crippen LogP contribution >= 0.6 is 11.6 Å². The maximum Gasteiger partial charge on any atom is 0.136 e. The second-order valence-corrected chi connectivity index (χ2v) is 4.86. The number of carbonyl (C=O) groups is 1. The van der Waals surface area contributed by atoms with Crippen LogP contribution in [-0.4, -0.2) is 15.6 Å². The number of rotatable bonds is 3. The van der Waals surface area contributed by atoms with Crippen LogP contribution in [-0.2, 0) is 18.3 Å². The van der Waals surface area contributed by atoms with Crippen molar-refractivity contribution in [3.8, 4) is 0 Å². The van der Waals surface area contributed by atoms with Gasteiger partial charge < -0.3 is 0 Å². The van der Waals surface area contributed by atoms with E-state index in [0.717, 1.165) is 30.7 Å². The van der Waals surface area contributed by atoms with Crippen molar-refractivity contribution >= 4 is 17.4 Å². The van der Waals surface area contributed by atoms with Crippen LogP contribution in [0, 0.1) is 12.3 Å². The predicted molar refractivity (Wildman–Crippen MR) is 59.0 cm³/mol. The second kappa shape index (κ2) is 3.34. The van der Waals surface area contributed by atoms with Gasteiger partial charge in [0.15, 0.2) is 0 Å². The largest absolute Gasteiger partial charge is 0.299 e. The Kier molecular flexibility index (Phi) is 2.38. The molecular formula is C11H15ClN2O. The monoisotopic (exact) mass is 226 g/mol. The van der Waals surface area contributed by atoms with Gasteiger partial charge in [-0.15, -0.1) is 0 Å². The highest BCUT2D eigenvalue weighted by Gasteiger charge is 2.48. The number of ketones is 1. The summed E-state index contributed by atoms with van der Waals surface area (Å²) in [5.74, 6) is 0.275. The molecule has 1 fully saturated rings. The van der Waals surface area contributed by atoms with Crippen molar-refractivity contribution in [1.29, 1.82) is 0 Å². The molecule has 1 aromatic heterocycles. The molecule has 1 aliphatic carbocycles. The molecule has 0 saturated heterocycles. The van der Waals surface area contributed by atoms with Gasteiger partial charge >= 0.3 is 0 Å². The van der Waals surface area contributed by atoms with E-state index in [9.17, 15) is 4.79 Å². The molecular weight excluding hydrogens is 212 g/mol. The summed E-state index contributed by atoms with van der Waals surface area (Å²) in [5, 5.41) is 4.97. The number of hydrogen-bond acceptors (Lipinski definition) is 2. The number of halogens is 1. The standard InChI is InChI=1S/C11H15ClN2O/c1-7-10(12)9(14(3)13-7)6-11(4-5-11)8(2)15/h4-6H2,1-3H3. The highest BCUT2D eigenvalue weighted by molar-refractivity contribution is 6.31. The van der Waals surface area contributed by atoms with Gasteiger partial charge in [-0.05, 0) is 26.7 Å². The van der Waals surface area contributed by atoms with Gasteiger partial charge in [0.1, 0.15) is 5.78 Å². The summed E-state index contributed by atoms with van der Waals surface area (Å²) in [4.78, 5) is 11.5. The Morgan fingerprint density at radius 3 is 2.53 bits per heavy atom. The quantitative estimate of drug-likeness (QED) is 0.793. The number of Topliss-reactive ketones (excluding diaryl/α,β-unsaturated/α-hetero) is 1. The van der Waals surface area contributed by atoms with E-state index in [0.29, 0.717) is 5.02 Å². The topological polar surface area (TPSA) is 34.9 Å². The van der Waals surface area contributed by atoms with Gasteiger partial charge in [0.2, 0.25) is 0 Å². The average Bonchev–Trinajstić information content (AvgIpc) is 2.89. The van der Waals surface area contributed by atoms with Crippen molar-refractivity contribution in [2.24, 2.45) is 12.5 Å². The van der Waals surface area contributed by atoms with Crippen LogP contribution in [0.3, 0.4) is 0 Å². The molecule has 0 aromatic carbocycles. The van der Waals surface area contributed by atoms with E-state index in [4.69, 9.17) is 11.6 Å². The molecule has 2 rings (SSSR count). The van der Waals surface area contributed by atoms with Gasteiger partial charge in [0.25, 0.3) is 0 Å². The van der Waals surface area contributed by atoms with E-state index in [1.165, 1.54) is 0 Å². The molecule has 15 heavy (non-hydrogen) atoms. The molecule has 4 heteroatoms. The van der Waals surface area contributed by atoms with Crippen LogP contribution in [0.1, 0.15) is 31.2 Å². The normalized spacial score (nSPS) is 17.9. The molecule has 0 spiro atoms. The van der Waals surface area contributed by atoms with Crippen molar-refractivity contribution in [2.45, 2.75) is 33.1 Å². The molecule has 1 aromatic rings. The summed E-state index contributed by atoms with van der Waals surface area (Å²) in [6.07, 6.45) is 2.71. The van der Waals surface area contributed by atoms with Crippen molar-refractivity contribution < 1.29 is 4.79 Å². The summed E-state index contributed by atoms with van der Waals surface area (Å²) >= 11 is 6.16. The highest BCUT2D eigenvalue weighted by atomic mass is 35.5. The Hall–Kier alpha value is -0.830. The zero-order valence-corrected chi connectivity index (χ0v) is 10.1. The molecule has 0 N–H and O–H groups in total. The minimum Gasteiger partial charge on any atom is -0.299 e. The highest BCUT2D eigenvalue weighted by Crippen LogP contribution is 2.49. The van der Waals surface area contributed by atoms with E-state index in [2.05, 4.69) is 5.10 Å². The Labute approximate surface area is 94.4 Å². The lowest BCUT2D eigenvalue weighted by atomic mass is 9.96. The van der Waals surface area contributed by atoms with Crippen LogP contribution < -0.4 is 0 Å². The number of carbonyl (C=O) groups excluding carboxylic acids is 1. The molecule has 1 aliphatic rings. The van der Waals surface area contributed by atoms with Gasteiger partial charge in [-0.25, -0.2) is 0 Å². The fourth-order valence-electron chi connectivity index (χ4n) is 2.00. The Bertz CT molecular complexity index is 418. The van der Waals surface area contributed by atoms with Crippen LogP contribution in [0.4, 0.5) is 0 Å². The first-order chi connectivity index (χ1) is 6.96. The number of aryl methyl sites for hydroxylation is 2. The van der Waals surface area contributed by atoms with E-state index >= 15 is 0 Å². The third-order valence-electron chi connectivity index (χ3n) is 3.37. The van der Waals surface area contributed by atoms with Crippen molar-refractivity contribution in [1.82, 2.24) is 9.78 Å². The Morgan fingerprint density at radius 2 is 2.20 bits per heavy atom. The van der Waals surface area contributed by atoms with Gasteiger partial charge in [0.05, 0.1) is 16.4 Å². The first-order valence-electron chi connectivity index (χ1n) is 5.15. The van der Waals surface area contributed by atoms with Gasteiger partial charge in [-0.2, -0.15) is 5.10 Å². The van der Waals surface area contributed by atoms with E-state index < -0.39 is 0 Å². The molecule has 0 aliphatic heterocycles. The van der Waals surface area contributed by atoms with Crippen LogP contribution in [0.15, 0.2) is 0 Å². The lowest BCUT2D eigenvalue weighted by molar-refractivity contribution is -0.122. The van der Waals surface area contributed by atoms with Crippen LogP contribution in [0.5, 0.6) is 0 Å². The molecule has 1 heterocycles. The third-order valence-corrected chi connectivity index (χ3v) is 3.86. The third kappa shape index (κ3) is 1.69. The second-order valence-electron chi connectivity index (χ2n) is 4.48. The Morgan fingerprint density at radius 1 is 1.60 bits per heavy atom. The summed E-state index contributed by atoms with van der Waals surface area (Å²) in [7, 11) is 1.88. The SMILES string of the molecule is CC(=O)C1(Cc2c(Cl)c(C)nn2C)CC1. The lowest BCUT2D eigenvalue weighted by Gasteiger charge is -2.11. The summed E-state index contributed by atoms with van der Waals surface area (Å²) in [5.41, 5.74) is 1.69. The molecule has 0 radical (unpaired) electrons. The van der Waals surface area contributed by atoms with Crippen LogP contribution in [0.25, 0.3) is 0 Å². The van der Waals surface area contributed by atoms with Crippen molar-refractivity contribution in [2.75, 3.05) is 0 Å². The fraction of sp³-hybridized carbons (Fsp3) is 0.636. The molecule has 82 valence electrons. The van der Waals surface area contributed by atoms with Crippen LogP contribution in [0.2, 0.25) is 5.02 Å². The fourth-order valence-corrected chi connectivity index (χ4v) is 2.22. The van der Waals surface area contributed by atoms with Gasteiger partial charge in [-0.3, -0.25) is 9.48 Å². The molecule has 3 nitrogen and oxygen atoms in total. The number of hydrogen-bond donors (Lipinski definition) is 0. The maximum absolute atomic E-state index is 11.5. The first-order valence-corrected chi connectivity index (χ1v) is 5.53. The minimum absolute atomic E-state index is 0.135. The van der Waals surface area contributed by atoms with Crippen molar-refractivity contribution in [3.05, 3.63) is 16.4 Å². The van der Waals surface area contributed by atoms with E-state index in [-0.39, 0.29) is 11.2 Å². The van der Waals surface area contributed by atoms with E-state index in [1.54, 1.807) is 11.6 Å². The summed E-state index contributed by atoms with van der Waals surface area (Å²) < 4.78 is 1.79. The van der Waals surface area contributed by atoms with Crippen molar-refractivity contribution in [3.63, 3.8) is 0 Å². The maximum atomic E-state index is 11.5. The molecule has 0 bridgehead atoms. The van der Waals surface area contributed by atoms with E-state index in [1.807, 2.05) is 14.0 Å². The average molecular weight is 227 g/mol. The number of nitrogens with zero attached hydrogens (tertiary/aromatic N) is 2. The zero-order valence-electron chi connectivity index (χ0n) is 9.30. The lowest BCUT2D eigenvalue weighted by Crippen LogP contribution is -2.17. The molecule has 0 amide bonds. The first kappa shape index (κ1) is 10.7. The molecule has 0 atom stereocenters. The molecule has 0 unspecified atom stereocenters. The summed E-state index contributed by atoms with van der Waals surface area (Å²) in [6.45, 7) is 3.56. The van der Waals surface area contributed by atoms with Gasteiger partial charge in [-0.1, -0.05) is 11.6 Å². The molecule has 1 saturated carbocycles. The summed E-state index contributed by atoms with van der Waals surface area (Å²) in [6, 6.07) is 0. The predicted octanol–water partition coefficient (Wildman–Crippen LogP) is 2.29. The minimum atomic E-state index is -0.135. The number of aromatic nitrogens is 2. The smallest absolute Gasteiger partial charge is 0.136 e. The Balaban J connectivity index is 2.28. The zero-order chi connectivity index (χ0) is 11.2.